The number of carbonyl (C=O) groups excluding carboxylic acids is 1. The molecule has 8 heteroatoms. The summed E-state index contributed by atoms with van der Waals surface area (Å²) in [6.45, 7) is 0. The summed E-state index contributed by atoms with van der Waals surface area (Å²) in [5.74, 6) is -0.559. The van der Waals surface area contributed by atoms with Crippen LogP contribution in [0.2, 0.25) is 0 Å². The summed E-state index contributed by atoms with van der Waals surface area (Å²) in [7, 11) is 1.51. The van der Waals surface area contributed by atoms with Crippen molar-refractivity contribution < 1.29 is 18.0 Å². The molecule has 0 aliphatic heterocycles. The lowest BCUT2D eigenvalue weighted by Gasteiger charge is -2.07. The Morgan fingerprint density at radius 3 is 2.73 bits per heavy atom. The molecular formula is C18H15F3N4O. The quantitative estimate of drug-likeness (QED) is 0.760. The van der Waals surface area contributed by atoms with Crippen LogP contribution in [0.25, 0.3) is 5.82 Å². The van der Waals surface area contributed by atoms with Crippen molar-refractivity contribution in [1.82, 2.24) is 20.1 Å². The summed E-state index contributed by atoms with van der Waals surface area (Å²) in [4.78, 5) is 15.8. The maximum absolute atomic E-state index is 13.5. The van der Waals surface area contributed by atoms with E-state index in [2.05, 4.69) is 15.4 Å². The van der Waals surface area contributed by atoms with Crippen molar-refractivity contribution in [1.29, 1.82) is 0 Å². The number of rotatable bonds is 5. The normalized spacial score (nSPS) is 11.0. The molecule has 2 heterocycles. The standard InChI is InChI=1S/C18H15F3N4O/c1-22-18(26)15-3-5-25(24-15)16-9-11(2-4-23-16)6-12-7-13(17(20)21)10-14(19)8-12/h2-5,7-10,17H,6H2,1H3,(H,22,26). The Labute approximate surface area is 147 Å². The fraction of sp³-hybridized carbons (Fsp3) is 0.167. The van der Waals surface area contributed by atoms with Crippen molar-refractivity contribution >= 4 is 5.91 Å². The van der Waals surface area contributed by atoms with Gasteiger partial charge in [0.2, 0.25) is 0 Å². The third-order valence-corrected chi connectivity index (χ3v) is 3.73. The predicted molar refractivity (Wildman–Crippen MR) is 88.9 cm³/mol. The number of hydrogen-bond acceptors (Lipinski definition) is 3. The predicted octanol–water partition coefficient (Wildman–Crippen LogP) is 3.29. The number of halogens is 3. The van der Waals surface area contributed by atoms with Gasteiger partial charge in [0, 0.05) is 25.0 Å². The number of nitrogens with zero attached hydrogens (tertiary/aromatic N) is 3. The highest BCUT2D eigenvalue weighted by atomic mass is 19.3. The monoisotopic (exact) mass is 360 g/mol. The van der Waals surface area contributed by atoms with E-state index in [1.54, 1.807) is 30.6 Å². The van der Waals surface area contributed by atoms with Crippen molar-refractivity contribution in [2.75, 3.05) is 7.05 Å². The summed E-state index contributed by atoms with van der Waals surface area (Å²) in [5, 5.41) is 6.61. The fourth-order valence-electron chi connectivity index (χ4n) is 2.54. The zero-order chi connectivity index (χ0) is 18.7. The lowest BCUT2D eigenvalue weighted by Crippen LogP contribution is -2.18. The summed E-state index contributed by atoms with van der Waals surface area (Å²) >= 11 is 0. The molecule has 134 valence electrons. The van der Waals surface area contributed by atoms with E-state index < -0.39 is 12.2 Å². The van der Waals surface area contributed by atoms with Crippen LogP contribution < -0.4 is 5.32 Å². The molecule has 0 saturated heterocycles. The number of hydrogen-bond donors (Lipinski definition) is 1. The van der Waals surface area contributed by atoms with Gasteiger partial charge in [-0.1, -0.05) is 0 Å². The molecule has 0 spiro atoms. The van der Waals surface area contributed by atoms with Crippen molar-refractivity contribution in [3.8, 4) is 5.82 Å². The average molecular weight is 360 g/mol. The maximum Gasteiger partial charge on any atom is 0.271 e. The van der Waals surface area contributed by atoms with Crippen LogP contribution in [0.3, 0.4) is 0 Å². The van der Waals surface area contributed by atoms with Gasteiger partial charge in [0.1, 0.15) is 5.82 Å². The second kappa shape index (κ2) is 7.38. The molecule has 1 amide bonds. The summed E-state index contributed by atoms with van der Waals surface area (Å²) in [6.07, 6.45) is 0.661. The van der Waals surface area contributed by atoms with Gasteiger partial charge in [0.15, 0.2) is 11.5 Å². The van der Waals surface area contributed by atoms with Gasteiger partial charge in [-0.3, -0.25) is 4.79 Å². The number of aromatic nitrogens is 3. The Hall–Kier alpha value is -3.16. The SMILES string of the molecule is CNC(=O)c1ccn(-c2cc(Cc3cc(F)cc(C(F)F)c3)ccn2)n1. The van der Waals surface area contributed by atoms with Crippen molar-refractivity contribution in [2.24, 2.45) is 0 Å². The van der Waals surface area contributed by atoms with E-state index in [1.165, 1.54) is 23.9 Å². The van der Waals surface area contributed by atoms with E-state index >= 15 is 0 Å². The van der Waals surface area contributed by atoms with E-state index in [1.807, 2.05) is 0 Å². The smallest absolute Gasteiger partial charge is 0.271 e. The van der Waals surface area contributed by atoms with Crippen molar-refractivity contribution in [3.63, 3.8) is 0 Å². The first kappa shape index (κ1) is 17.7. The Bertz CT molecular complexity index is 940. The summed E-state index contributed by atoms with van der Waals surface area (Å²) < 4.78 is 40.6. The zero-order valence-electron chi connectivity index (χ0n) is 13.8. The number of pyridine rings is 1. The van der Waals surface area contributed by atoms with Gasteiger partial charge in [-0.15, -0.1) is 0 Å². The lowest BCUT2D eigenvalue weighted by atomic mass is 10.0. The molecule has 0 saturated carbocycles. The summed E-state index contributed by atoms with van der Waals surface area (Å²) in [5.41, 5.74) is 1.07. The Morgan fingerprint density at radius 2 is 2.00 bits per heavy atom. The first-order valence-corrected chi connectivity index (χ1v) is 7.77. The molecule has 0 bridgehead atoms. The topological polar surface area (TPSA) is 59.8 Å². The molecule has 0 fully saturated rings. The molecule has 0 aliphatic rings. The number of nitrogens with one attached hydrogen (secondary N) is 1. The first-order chi connectivity index (χ1) is 12.5. The average Bonchev–Trinajstić information content (AvgIpc) is 3.11. The second-order valence-corrected chi connectivity index (χ2v) is 5.62. The van der Waals surface area contributed by atoms with Crippen LogP contribution in [0.4, 0.5) is 13.2 Å². The largest absolute Gasteiger partial charge is 0.354 e. The molecule has 5 nitrogen and oxygen atoms in total. The van der Waals surface area contributed by atoms with Crippen molar-refractivity contribution in [2.45, 2.75) is 12.8 Å². The highest BCUT2D eigenvalue weighted by Crippen LogP contribution is 2.23. The molecule has 0 aliphatic carbocycles. The number of carbonyl (C=O) groups is 1. The van der Waals surface area contributed by atoms with Crippen LogP contribution in [0.15, 0.2) is 48.8 Å². The Kier molecular flexibility index (Phi) is 5.01. The first-order valence-electron chi connectivity index (χ1n) is 7.77. The van der Waals surface area contributed by atoms with Gasteiger partial charge < -0.3 is 5.32 Å². The second-order valence-electron chi connectivity index (χ2n) is 5.62. The van der Waals surface area contributed by atoms with E-state index in [9.17, 15) is 18.0 Å². The molecule has 0 unspecified atom stereocenters. The highest BCUT2D eigenvalue weighted by Gasteiger charge is 2.12. The lowest BCUT2D eigenvalue weighted by molar-refractivity contribution is 0.0957. The number of alkyl halides is 2. The van der Waals surface area contributed by atoms with Gasteiger partial charge in [-0.25, -0.2) is 22.8 Å². The minimum Gasteiger partial charge on any atom is -0.354 e. The van der Waals surface area contributed by atoms with Crippen LogP contribution in [0, 0.1) is 5.82 Å². The van der Waals surface area contributed by atoms with Crippen molar-refractivity contribution in [3.05, 3.63) is 77.0 Å². The minimum atomic E-state index is -2.73. The molecule has 0 atom stereocenters. The molecule has 26 heavy (non-hydrogen) atoms. The van der Waals surface area contributed by atoms with Gasteiger partial charge in [0.25, 0.3) is 12.3 Å². The van der Waals surface area contributed by atoms with E-state index in [0.29, 0.717) is 11.4 Å². The van der Waals surface area contributed by atoms with Gasteiger partial charge >= 0.3 is 0 Å². The van der Waals surface area contributed by atoms with Crippen LogP contribution >= 0.6 is 0 Å². The van der Waals surface area contributed by atoms with Crippen LogP contribution in [0.1, 0.15) is 33.6 Å². The van der Waals surface area contributed by atoms with E-state index in [-0.39, 0.29) is 23.6 Å². The summed E-state index contributed by atoms with van der Waals surface area (Å²) in [6, 6.07) is 8.30. The Morgan fingerprint density at radius 1 is 1.19 bits per heavy atom. The number of benzene rings is 1. The van der Waals surface area contributed by atoms with Gasteiger partial charge in [-0.05, 0) is 53.9 Å². The minimum absolute atomic E-state index is 0.242. The van der Waals surface area contributed by atoms with Crippen LogP contribution in [-0.2, 0) is 6.42 Å². The van der Waals surface area contributed by atoms with E-state index in [0.717, 1.165) is 11.6 Å². The third-order valence-electron chi connectivity index (χ3n) is 3.73. The van der Waals surface area contributed by atoms with Crippen LogP contribution in [-0.4, -0.2) is 27.7 Å². The van der Waals surface area contributed by atoms with Crippen LogP contribution in [0.5, 0.6) is 0 Å². The van der Waals surface area contributed by atoms with E-state index in [4.69, 9.17) is 0 Å². The van der Waals surface area contributed by atoms with Gasteiger partial charge in [0.05, 0.1) is 0 Å². The Balaban J connectivity index is 1.86. The fourth-order valence-corrected chi connectivity index (χ4v) is 2.54. The van der Waals surface area contributed by atoms with Gasteiger partial charge in [-0.2, -0.15) is 5.10 Å². The molecule has 1 aromatic carbocycles. The number of amides is 1. The zero-order valence-corrected chi connectivity index (χ0v) is 13.8. The highest BCUT2D eigenvalue weighted by molar-refractivity contribution is 5.91. The molecule has 1 N–H and O–H groups in total. The molecule has 3 rings (SSSR count). The third kappa shape index (κ3) is 3.90. The molecule has 0 radical (unpaired) electrons. The molecule has 2 aromatic heterocycles. The molecular weight excluding hydrogens is 345 g/mol. The molecule has 3 aromatic rings. The maximum atomic E-state index is 13.5.